The zero-order chi connectivity index (χ0) is 27.9. The fourth-order valence-electron chi connectivity index (χ4n) is 9.38. The maximum Gasteiger partial charge on any atom is 0.268 e. The van der Waals surface area contributed by atoms with Crippen LogP contribution in [-0.2, 0) is 13.6 Å². The summed E-state index contributed by atoms with van der Waals surface area (Å²) in [7, 11) is 1.79. The Balaban J connectivity index is 1.38. The van der Waals surface area contributed by atoms with E-state index in [1.807, 2.05) is 21.1 Å². The highest BCUT2D eigenvalue weighted by atomic mass is 31.2. The molecule has 0 spiro atoms. The first-order chi connectivity index (χ1) is 17.6. The minimum atomic E-state index is -4.29. The molecule has 4 aliphatic rings. The molecule has 0 N–H and O–H groups in total. The topological polar surface area (TPSA) is 58.6 Å². The zero-order valence-electron chi connectivity index (χ0n) is 25.8. The molecule has 0 aliphatic heterocycles. The molecule has 0 heterocycles. The third kappa shape index (κ3) is 6.64. The van der Waals surface area contributed by atoms with Crippen molar-refractivity contribution in [2.45, 2.75) is 111 Å². The van der Waals surface area contributed by atoms with Gasteiger partial charge < -0.3 is 18.4 Å². The van der Waals surface area contributed by atoms with Crippen molar-refractivity contribution >= 4 is 7.82 Å². The van der Waals surface area contributed by atoms with Crippen LogP contribution in [-0.4, -0.2) is 44.9 Å². The Labute approximate surface area is 234 Å². The van der Waals surface area contributed by atoms with Gasteiger partial charge >= 0.3 is 0 Å². The van der Waals surface area contributed by atoms with Crippen molar-refractivity contribution in [3.05, 3.63) is 11.6 Å². The standard InChI is InChI=1S/C32H58NO4P/c1-23(2)10-9-11-24(3)28-14-15-29-27-13-12-25-22-26(37-38(34,35)36-21-20-33(6,7)8)16-18-31(25,4)30(27)17-19-32(28,29)5/h12,23-24,26-30H,9-11,13-22H2,1-8H3/t24-,26+,27+,28-,29+,30+,31+,32-/m1/s1. The first-order valence-corrected chi connectivity index (χ1v) is 17.2. The van der Waals surface area contributed by atoms with Crippen LogP contribution in [0.3, 0.4) is 0 Å². The highest BCUT2D eigenvalue weighted by Crippen LogP contribution is 2.67. The summed E-state index contributed by atoms with van der Waals surface area (Å²) >= 11 is 0. The lowest BCUT2D eigenvalue weighted by Gasteiger charge is -2.58. The molecule has 0 aromatic rings. The van der Waals surface area contributed by atoms with Crippen molar-refractivity contribution in [1.29, 1.82) is 0 Å². The van der Waals surface area contributed by atoms with E-state index in [-0.39, 0.29) is 18.1 Å². The number of phosphoric ester groups is 1. The maximum absolute atomic E-state index is 12.6. The van der Waals surface area contributed by atoms with Crippen LogP contribution < -0.4 is 4.89 Å². The third-order valence-electron chi connectivity index (χ3n) is 11.5. The Bertz CT molecular complexity index is 896. The van der Waals surface area contributed by atoms with E-state index in [1.165, 1.54) is 56.9 Å². The number of allylic oxidation sites excluding steroid dienone is 1. The molecule has 6 heteroatoms. The summed E-state index contributed by atoms with van der Waals surface area (Å²) in [6.45, 7) is 13.2. The van der Waals surface area contributed by atoms with Gasteiger partial charge in [-0.15, -0.1) is 0 Å². The van der Waals surface area contributed by atoms with Crippen LogP contribution in [0.1, 0.15) is 105 Å². The lowest BCUT2D eigenvalue weighted by molar-refractivity contribution is -0.870. The van der Waals surface area contributed by atoms with Gasteiger partial charge in [0, 0.05) is 0 Å². The first-order valence-electron chi connectivity index (χ1n) is 15.8. The second-order valence-electron chi connectivity index (χ2n) is 15.6. The Kier molecular flexibility index (Phi) is 9.38. The van der Waals surface area contributed by atoms with E-state index in [0.29, 0.717) is 16.4 Å². The predicted octanol–water partition coefficient (Wildman–Crippen LogP) is 7.60. The van der Waals surface area contributed by atoms with Crippen molar-refractivity contribution in [3.8, 4) is 0 Å². The van der Waals surface area contributed by atoms with E-state index in [1.54, 1.807) is 0 Å². The van der Waals surface area contributed by atoms with Gasteiger partial charge in [-0.3, -0.25) is 4.57 Å². The second kappa shape index (κ2) is 11.6. The highest BCUT2D eigenvalue weighted by molar-refractivity contribution is 7.45. The summed E-state index contributed by atoms with van der Waals surface area (Å²) in [5.41, 5.74) is 2.16. The van der Waals surface area contributed by atoms with Gasteiger partial charge in [-0.25, -0.2) is 0 Å². The zero-order valence-corrected chi connectivity index (χ0v) is 26.7. The van der Waals surface area contributed by atoms with Gasteiger partial charge in [0.05, 0.1) is 27.2 Å². The summed E-state index contributed by atoms with van der Waals surface area (Å²) in [6.07, 6.45) is 15.6. The van der Waals surface area contributed by atoms with E-state index >= 15 is 0 Å². The van der Waals surface area contributed by atoms with E-state index in [0.717, 1.165) is 54.8 Å². The molecule has 9 atom stereocenters. The minimum absolute atomic E-state index is 0.165. The summed E-state index contributed by atoms with van der Waals surface area (Å²) in [4.78, 5) is 12.6. The third-order valence-corrected chi connectivity index (χ3v) is 12.6. The lowest BCUT2D eigenvalue weighted by atomic mass is 9.47. The van der Waals surface area contributed by atoms with Crippen LogP contribution in [0.4, 0.5) is 0 Å². The molecule has 0 amide bonds. The molecule has 0 aromatic heterocycles. The van der Waals surface area contributed by atoms with Crippen LogP contribution in [0.2, 0.25) is 0 Å². The molecule has 0 bridgehead atoms. The monoisotopic (exact) mass is 551 g/mol. The number of nitrogens with zero attached hydrogens (tertiary/aromatic N) is 1. The minimum Gasteiger partial charge on any atom is -0.756 e. The quantitative estimate of drug-likeness (QED) is 0.151. The highest BCUT2D eigenvalue weighted by Gasteiger charge is 2.59. The van der Waals surface area contributed by atoms with Gasteiger partial charge in [0.2, 0.25) is 0 Å². The molecule has 220 valence electrons. The van der Waals surface area contributed by atoms with E-state index < -0.39 is 7.82 Å². The first kappa shape index (κ1) is 30.8. The number of hydrogen-bond acceptors (Lipinski definition) is 4. The summed E-state index contributed by atoms with van der Waals surface area (Å²) in [5, 5.41) is 0. The smallest absolute Gasteiger partial charge is 0.268 e. The fourth-order valence-corrected chi connectivity index (χ4v) is 10.3. The summed E-state index contributed by atoms with van der Waals surface area (Å²) in [6, 6.07) is 0. The molecule has 0 saturated heterocycles. The van der Waals surface area contributed by atoms with Crippen molar-refractivity contribution in [1.82, 2.24) is 0 Å². The lowest BCUT2D eigenvalue weighted by Crippen LogP contribution is -2.51. The van der Waals surface area contributed by atoms with Crippen molar-refractivity contribution in [2.75, 3.05) is 34.3 Å². The molecular formula is C32H58NO4P. The number of fused-ring (bicyclic) bond motifs is 5. The van der Waals surface area contributed by atoms with Crippen molar-refractivity contribution in [2.24, 2.45) is 46.3 Å². The van der Waals surface area contributed by atoms with Crippen molar-refractivity contribution in [3.63, 3.8) is 0 Å². The molecule has 0 aromatic carbocycles. The molecule has 3 fully saturated rings. The summed E-state index contributed by atoms with van der Waals surface area (Å²) in [5.74, 6) is 4.90. The largest absolute Gasteiger partial charge is 0.756 e. The van der Waals surface area contributed by atoms with Crippen molar-refractivity contribution < 1.29 is 23.0 Å². The molecule has 3 saturated carbocycles. The Hall–Kier alpha value is -0.190. The van der Waals surface area contributed by atoms with E-state index in [4.69, 9.17) is 9.05 Å². The van der Waals surface area contributed by atoms with Crippen LogP contribution >= 0.6 is 7.82 Å². The molecular weight excluding hydrogens is 493 g/mol. The van der Waals surface area contributed by atoms with Gasteiger partial charge in [0.1, 0.15) is 13.2 Å². The fraction of sp³-hybridized carbons (Fsp3) is 0.938. The van der Waals surface area contributed by atoms with Crippen LogP contribution in [0.25, 0.3) is 0 Å². The second-order valence-corrected chi connectivity index (χ2v) is 16.9. The predicted molar refractivity (Wildman–Crippen MR) is 154 cm³/mol. The number of likely N-dealkylation sites (N-methyl/N-ethyl adjacent to an activating group) is 1. The Morgan fingerprint density at radius 3 is 2.47 bits per heavy atom. The normalized spacial score (nSPS) is 39.6. The van der Waals surface area contributed by atoms with Gasteiger partial charge in [0.25, 0.3) is 7.82 Å². The molecule has 4 rings (SSSR count). The van der Waals surface area contributed by atoms with E-state index in [9.17, 15) is 9.46 Å². The van der Waals surface area contributed by atoms with Gasteiger partial charge in [-0.2, -0.15) is 0 Å². The Morgan fingerprint density at radius 2 is 1.79 bits per heavy atom. The number of rotatable bonds is 11. The van der Waals surface area contributed by atoms with Crippen LogP contribution in [0.5, 0.6) is 0 Å². The summed E-state index contributed by atoms with van der Waals surface area (Å²) < 4.78 is 24.1. The van der Waals surface area contributed by atoms with Crippen LogP contribution in [0.15, 0.2) is 11.6 Å². The number of quaternary nitrogens is 1. The van der Waals surface area contributed by atoms with Crippen LogP contribution in [0, 0.1) is 46.3 Å². The SMILES string of the molecule is CC(C)CCC[C@@H](C)[C@H]1CC[C@H]2[C@@H]3CC=C4C[C@@H](OP(=O)([O-])OCC[N+](C)(C)C)CC[C@]4(C)[C@H]3CC[C@]12C. The molecule has 1 unspecified atom stereocenters. The number of phosphoric acid groups is 1. The molecule has 5 nitrogen and oxygen atoms in total. The average Bonchev–Trinajstić information content (AvgIpc) is 3.15. The van der Waals surface area contributed by atoms with E-state index in [2.05, 4.69) is 40.7 Å². The molecule has 0 radical (unpaired) electrons. The Morgan fingerprint density at radius 1 is 1.05 bits per heavy atom. The van der Waals surface area contributed by atoms with Gasteiger partial charge in [-0.1, -0.05) is 65.5 Å². The number of hydrogen-bond donors (Lipinski definition) is 0. The average molecular weight is 552 g/mol. The van der Waals surface area contributed by atoms with Gasteiger partial charge in [-0.05, 0) is 97.7 Å². The molecule has 38 heavy (non-hydrogen) atoms. The van der Waals surface area contributed by atoms with Gasteiger partial charge in [0.15, 0.2) is 0 Å². The molecule has 4 aliphatic carbocycles. The maximum atomic E-state index is 12.6.